The third kappa shape index (κ3) is 5.79. The van der Waals surface area contributed by atoms with Crippen molar-refractivity contribution in [2.75, 3.05) is 19.6 Å². The average molecular weight is 403 g/mol. The van der Waals surface area contributed by atoms with Gasteiger partial charge in [0, 0.05) is 51.3 Å². The lowest BCUT2D eigenvalue weighted by Crippen LogP contribution is -2.39. The highest BCUT2D eigenvalue weighted by Gasteiger charge is 2.24. The molecule has 0 aromatic carbocycles. The molecule has 3 rings (SSSR count). The standard InChI is InChI=1S/C20H34N8O/c1-4-21-19(23-15-20(2,29)16-13-24-27(3)14-16)22-11-8-10-18-26-25-17-9-6-5-7-12-28(17)18/h13-14,29H,4-12,15H2,1-3H3,(H2,21,22,23). The molecule has 0 saturated carbocycles. The van der Waals surface area contributed by atoms with Gasteiger partial charge in [-0.25, -0.2) is 4.99 Å². The van der Waals surface area contributed by atoms with Gasteiger partial charge >= 0.3 is 0 Å². The van der Waals surface area contributed by atoms with Crippen LogP contribution in [0.15, 0.2) is 17.4 Å². The van der Waals surface area contributed by atoms with E-state index in [1.807, 2.05) is 20.2 Å². The Morgan fingerprint density at radius 1 is 1.28 bits per heavy atom. The summed E-state index contributed by atoms with van der Waals surface area (Å²) < 4.78 is 3.99. The van der Waals surface area contributed by atoms with E-state index in [0.29, 0.717) is 5.96 Å². The molecule has 2 aromatic rings. The van der Waals surface area contributed by atoms with Crippen molar-refractivity contribution < 1.29 is 5.11 Å². The molecule has 1 aliphatic rings. The number of nitrogens with zero attached hydrogens (tertiary/aromatic N) is 6. The van der Waals surface area contributed by atoms with Gasteiger partial charge < -0.3 is 20.3 Å². The fourth-order valence-electron chi connectivity index (χ4n) is 3.55. The predicted molar refractivity (Wildman–Crippen MR) is 113 cm³/mol. The van der Waals surface area contributed by atoms with Crippen molar-refractivity contribution >= 4 is 5.96 Å². The summed E-state index contributed by atoms with van der Waals surface area (Å²) in [6, 6.07) is 0. The van der Waals surface area contributed by atoms with Crippen molar-refractivity contribution in [3.05, 3.63) is 29.6 Å². The van der Waals surface area contributed by atoms with Gasteiger partial charge in [-0.05, 0) is 33.1 Å². The lowest BCUT2D eigenvalue weighted by atomic mass is 10.0. The number of aromatic nitrogens is 5. The quantitative estimate of drug-likeness (QED) is 0.347. The largest absolute Gasteiger partial charge is 0.383 e. The molecule has 0 amide bonds. The van der Waals surface area contributed by atoms with E-state index in [0.717, 1.165) is 56.1 Å². The van der Waals surface area contributed by atoms with Gasteiger partial charge in [0.1, 0.15) is 17.2 Å². The van der Waals surface area contributed by atoms with E-state index in [1.165, 1.54) is 19.3 Å². The fraction of sp³-hybridized carbons (Fsp3) is 0.700. The first kappa shape index (κ1) is 21.3. The zero-order valence-corrected chi connectivity index (χ0v) is 17.9. The van der Waals surface area contributed by atoms with Crippen LogP contribution < -0.4 is 10.6 Å². The third-order valence-electron chi connectivity index (χ3n) is 5.27. The Labute approximate surface area is 172 Å². The molecule has 3 N–H and O–H groups in total. The van der Waals surface area contributed by atoms with Crippen LogP contribution in [0, 0.1) is 0 Å². The Kier molecular flexibility index (Phi) is 7.24. The summed E-state index contributed by atoms with van der Waals surface area (Å²) >= 11 is 0. The number of rotatable bonds is 8. The highest BCUT2D eigenvalue weighted by molar-refractivity contribution is 5.79. The SMILES string of the molecule is CCNC(=NCC(C)(O)c1cnn(C)c1)NCCCc1nnc2n1CCCCC2. The van der Waals surface area contributed by atoms with Gasteiger partial charge in [0.05, 0.1) is 12.7 Å². The Bertz CT molecular complexity index is 807. The van der Waals surface area contributed by atoms with Crippen LogP contribution in [0.1, 0.15) is 56.7 Å². The number of hydrogen-bond donors (Lipinski definition) is 3. The summed E-state index contributed by atoms with van der Waals surface area (Å²) in [6.07, 6.45) is 10.1. The Morgan fingerprint density at radius 3 is 2.90 bits per heavy atom. The van der Waals surface area contributed by atoms with Gasteiger partial charge in [-0.1, -0.05) is 6.42 Å². The number of hydrogen-bond acceptors (Lipinski definition) is 5. The van der Waals surface area contributed by atoms with Crippen LogP contribution >= 0.6 is 0 Å². The molecule has 0 spiro atoms. The lowest BCUT2D eigenvalue weighted by Gasteiger charge is -2.20. The average Bonchev–Trinajstić information content (AvgIpc) is 3.23. The van der Waals surface area contributed by atoms with Gasteiger partial charge in [0.2, 0.25) is 0 Å². The van der Waals surface area contributed by atoms with Crippen molar-refractivity contribution in [2.24, 2.45) is 12.0 Å². The van der Waals surface area contributed by atoms with Gasteiger partial charge in [-0.15, -0.1) is 10.2 Å². The van der Waals surface area contributed by atoms with Crippen LogP contribution in [0.4, 0.5) is 0 Å². The van der Waals surface area contributed by atoms with E-state index in [9.17, 15) is 5.11 Å². The summed E-state index contributed by atoms with van der Waals surface area (Å²) in [6.45, 7) is 6.63. The first-order valence-electron chi connectivity index (χ1n) is 10.6. The molecule has 29 heavy (non-hydrogen) atoms. The van der Waals surface area contributed by atoms with Gasteiger partial charge in [0.25, 0.3) is 0 Å². The Balaban J connectivity index is 1.50. The van der Waals surface area contributed by atoms with E-state index in [4.69, 9.17) is 0 Å². The molecule has 2 aromatic heterocycles. The molecule has 3 heterocycles. The lowest BCUT2D eigenvalue weighted by molar-refractivity contribution is 0.0672. The number of nitrogens with one attached hydrogen (secondary N) is 2. The minimum atomic E-state index is -1.06. The Morgan fingerprint density at radius 2 is 2.14 bits per heavy atom. The summed E-state index contributed by atoms with van der Waals surface area (Å²) in [7, 11) is 1.84. The summed E-state index contributed by atoms with van der Waals surface area (Å²) in [4.78, 5) is 4.56. The highest BCUT2D eigenvalue weighted by Crippen LogP contribution is 2.20. The van der Waals surface area contributed by atoms with E-state index < -0.39 is 5.60 Å². The zero-order chi connectivity index (χ0) is 20.7. The molecule has 160 valence electrons. The molecule has 9 nitrogen and oxygen atoms in total. The summed E-state index contributed by atoms with van der Waals surface area (Å²) in [5.74, 6) is 2.93. The molecular weight excluding hydrogens is 368 g/mol. The maximum atomic E-state index is 10.7. The molecular formula is C20H34N8O. The molecule has 1 unspecified atom stereocenters. The first-order chi connectivity index (χ1) is 14.0. The molecule has 0 aliphatic carbocycles. The van der Waals surface area contributed by atoms with Crippen molar-refractivity contribution in [1.29, 1.82) is 0 Å². The second kappa shape index (κ2) is 9.87. The van der Waals surface area contributed by atoms with Crippen molar-refractivity contribution in [2.45, 2.75) is 64.5 Å². The van der Waals surface area contributed by atoms with Crippen LogP contribution in [-0.2, 0) is 32.0 Å². The molecule has 1 aliphatic heterocycles. The van der Waals surface area contributed by atoms with Crippen molar-refractivity contribution in [3.8, 4) is 0 Å². The summed E-state index contributed by atoms with van der Waals surface area (Å²) in [5, 5.41) is 30.2. The molecule has 0 saturated heterocycles. The summed E-state index contributed by atoms with van der Waals surface area (Å²) in [5.41, 5.74) is -0.303. The fourth-order valence-corrected chi connectivity index (χ4v) is 3.55. The second-order valence-electron chi connectivity index (χ2n) is 7.90. The van der Waals surface area contributed by atoms with Crippen LogP contribution in [0.3, 0.4) is 0 Å². The van der Waals surface area contributed by atoms with Crippen LogP contribution in [0.25, 0.3) is 0 Å². The topological polar surface area (TPSA) is 105 Å². The number of guanidine groups is 1. The number of aryl methyl sites for hydroxylation is 3. The number of fused-ring (bicyclic) bond motifs is 1. The maximum absolute atomic E-state index is 10.7. The smallest absolute Gasteiger partial charge is 0.191 e. The molecule has 1 atom stereocenters. The second-order valence-corrected chi connectivity index (χ2v) is 7.90. The third-order valence-corrected chi connectivity index (χ3v) is 5.27. The normalized spacial score (nSPS) is 16.8. The number of aliphatic imine (C=N–C) groups is 1. The Hall–Kier alpha value is -2.42. The molecule has 0 radical (unpaired) electrons. The van der Waals surface area contributed by atoms with Crippen LogP contribution in [0.2, 0.25) is 0 Å². The molecule has 0 bridgehead atoms. The maximum Gasteiger partial charge on any atom is 0.191 e. The first-order valence-corrected chi connectivity index (χ1v) is 10.6. The van der Waals surface area contributed by atoms with Gasteiger partial charge in [-0.3, -0.25) is 4.68 Å². The predicted octanol–water partition coefficient (Wildman–Crippen LogP) is 1.13. The molecule has 0 fully saturated rings. The van der Waals surface area contributed by atoms with E-state index in [1.54, 1.807) is 17.8 Å². The van der Waals surface area contributed by atoms with Crippen molar-refractivity contribution in [3.63, 3.8) is 0 Å². The monoisotopic (exact) mass is 402 g/mol. The van der Waals surface area contributed by atoms with Gasteiger partial charge in [0.15, 0.2) is 5.96 Å². The molecule has 9 heteroatoms. The highest BCUT2D eigenvalue weighted by atomic mass is 16.3. The minimum absolute atomic E-state index is 0.256. The minimum Gasteiger partial charge on any atom is -0.383 e. The van der Waals surface area contributed by atoms with Crippen LogP contribution in [0.5, 0.6) is 0 Å². The van der Waals surface area contributed by atoms with E-state index in [2.05, 4.69) is 35.5 Å². The zero-order valence-electron chi connectivity index (χ0n) is 17.9. The van der Waals surface area contributed by atoms with Gasteiger partial charge in [-0.2, -0.15) is 5.10 Å². The van der Waals surface area contributed by atoms with Crippen LogP contribution in [-0.4, -0.2) is 55.2 Å². The van der Waals surface area contributed by atoms with E-state index >= 15 is 0 Å². The number of aliphatic hydroxyl groups is 1. The van der Waals surface area contributed by atoms with E-state index in [-0.39, 0.29) is 6.54 Å². The van der Waals surface area contributed by atoms with Crippen molar-refractivity contribution in [1.82, 2.24) is 35.2 Å².